The van der Waals surface area contributed by atoms with Crippen molar-refractivity contribution >= 4 is 27.5 Å². The third-order valence-corrected chi connectivity index (χ3v) is 4.53. The van der Waals surface area contributed by atoms with Gasteiger partial charge in [-0.15, -0.1) is 0 Å². The van der Waals surface area contributed by atoms with Crippen molar-refractivity contribution in [1.82, 2.24) is 10.2 Å². The minimum Gasteiger partial charge on any atom is -0.389 e. The minimum absolute atomic E-state index is 0.195. The molecule has 0 unspecified atom stereocenters. The number of hydrogen-bond acceptors (Lipinski definition) is 4. The third-order valence-electron chi connectivity index (χ3n) is 3.81. The Bertz CT molecular complexity index is 623. The van der Waals surface area contributed by atoms with E-state index >= 15 is 0 Å². The average Bonchev–Trinajstić information content (AvgIpc) is 2.47. The highest BCUT2D eigenvalue weighted by Gasteiger charge is 2.32. The molecule has 0 amide bonds. The maximum Gasteiger partial charge on any atom is 0.168 e. The molecule has 0 bridgehead atoms. The van der Waals surface area contributed by atoms with Gasteiger partial charge in [0.05, 0.1) is 5.57 Å². The second kappa shape index (κ2) is 7.84. The molecular formula is C17H20BrFN2O2. The van der Waals surface area contributed by atoms with Crippen molar-refractivity contribution in [2.24, 2.45) is 0 Å². The van der Waals surface area contributed by atoms with Crippen LogP contribution in [0.1, 0.15) is 24.3 Å². The van der Waals surface area contributed by atoms with Crippen LogP contribution in [0, 0.1) is 5.82 Å². The molecule has 0 saturated heterocycles. The van der Waals surface area contributed by atoms with Crippen molar-refractivity contribution < 1.29 is 14.0 Å². The third kappa shape index (κ3) is 4.72. The number of likely N-dealkylation sites (N-methyl/N-ethyl adjacent to an activating group) is 1. The summed E-state index contributed by atoms with van der Waals surface area (Å²) in [7, 11) is 3.90. The molecule has 0 aliphatic heterocycles. The van der Waals surface area contributed by atoms with Crippen molar-refractivity contribution in [1.29, 1.82) is 0 Å². The van der Waals surface area contributed by atoms with Crippen LogP contribution in [0.25, 0.3) is 0 Å². The average molecular weight is 383 g/mol. The number of halogens is 2. The Morgan fingerprint density at radius 2 is 1.96 bits per heavy atom. The number of allylic oxidation sites excluding steroid dienone is 1. The van der Waals surface area contributed by atoms with E-state index in [1.807, 2.05) is 19.0 Å². The van der Waals surface area contributed by atoms with E-state index in [0.29, 0.717) is 12.1 Å². The van der Waals surface area contributed by atoms with E-state index in [0.717, 1.165) is 11.0 Å². The van der Waals surface area contributed by atoms with E-state index in [-0.39, 0.29) is 41.7 Å². The van der Waals surface area contributed by atoms with E-state index in [1.54, 1.807) is 6.07 Å². The first-order valence-corrected chi connectivity index (χ1v) is 8.27. The topological polar surface area (TPSA) is 49.4 Å². The molecule has 6 heteroatoms. The number of carbonyl (C=O) groups is 2. The van der Waals surface area contributed by atoms with Crippen LogP contribution in [0.5, 0.6) is 0 Å². The molecule has 0 spiro atoms. The highest BCUT2D eigenvalue weighted by atomic mass is 79.9. The van der Waals surface area contributed by atoms with Crippen LogP contribution in [0.4, 0.5) is 4.39 Å². The van der Waals surface area contributed by atoms with E-state index in [2.05, 4.69) is 21.2 Å². The lowest BCUT2D eigenvalue weighted by molar-refractivity contribution is -0.124. The predicted octanol–water partition coefficient (Wildman–Crippen LogP) is 2.64. The number of nitrogens with one attached hydrogen (secondary N) is 1. The summed E-state index contributed by atoms with van der Waals surface area (Å²) in [4.78, 5) is 26.5. The summed E-state index contributed by atoms with van der Waals surface area (Å²) in [6, 6.07) is 4.34. The number of carbonyl (C=O) groups excluding carboxylic acids is 2. The molecular weight excluding hydrogens is 363 g/mol. The highest BCUT2D eigenvalue weighted by molar-refractivity contribution is 9.10. The van der Waals surface area contributed by atoms with Gasteiger partial charge >= 0.3 is 0 Å². The zero-order chi connectivity index (χ0) is 17.0. The Labute approximate surface area is 143 Å². The first-order chi connectivity index (χ1) is 10.9. The van der Waals surface area contributed by atoms with Gasteiger partial charge in [-0.3, -0.25) is 9.59 Å². The molecule has 1 N–H and O–H groups in total. The molecule has 0 heterocycles. The minimum atomic E-state index is -0.366. The quantitative estimate of drug-likeness (QED) is 0.483. The van der Waals surface area contributed by atoms with Crippen molar-refractivity contribution in [3.63, 3.8) is 0 Å². The normalized spacial score (nSPS) is 18.5. The Balaban J connectivity index is 2.07. The Kier molecular flexibility index (Phi) is 6.07. The van der Waals surface area contributed by atoms with E-state index < -0.39 is 0 Å². The van der Waals surface area contributed by atoms with Gasteiger partial charge in [0.25, 0.3) is 0 Å². The molecule has 0 radical (unpaired) electrons. The van der Waals surface area contributed by atoms with Crippen LogP contribution < -0.4 is 5.32 Å². The van der Waals surface area contributed by atoms with Gasteiger partial charge in [-0.2, -0.15) is 0 Å². The van der Waals surface area contributed by atoms with Crippen LogP contribution in [0.2, 0.25) is 0 Å². The summed E-state index contributed by atoms with van der Waals surface area (Å²) < 4.78 is 14.2. The summed E-state index contributed by atoms with van der Waals surface area (Å²) in [5.41, 5.74) is 0.888. The molecule has 1 aromatic carbocycles. The molecule has 4 nitrogen and oxygen atoms in total. The van der Waals surface area contributed by atoms with Gasteiger partial charge in [-0.1, -0.05) is 15.9 Å². The summed E-state index contributed by atoms with van der Waals surface area (Å²) in [5, 5.41) is 3.01. The van der Waals surface area contributed by atoms with Gasteiger partial charge in [0.1, 0.15) is 5.82 Å². The number of hydrogen-bond donors (Lipinski definition) is 1. The largest absolute Gasteiger partial charge is 0.389 e. The zero-order valence-corrected chi connectivity index (χ0v) is 14.8. The zero-order valence-electron chi connectivity index (χ0n) is 13.2. The monoisotopic (exact) mass is 382 g/mol. The number of benzene rings is 1. The van der Waals surface area contributed by atoms with Crippen molar-refractivity contribution in [3.05, 3.63) is 45.8 Å². The van der Waals surface area contributed by atoms with Crippen molar-refractivity contribution in [2.75, 3.05) is 27.2 Å². The first kappa shape index (κ1) is 17.8. The number of nitrogens with zero attached hydrogens (tertiary/aromatic N) is 1. The number of ketones is 2. The van der Waals surface area contributed by atoms with Crippen LogP contribution in [-0.2, 0) is 9.59 Å². The first-order valence-electron chi connectivity index (χ1n) is 7.48. The number of Topliss-reactive ketones (excluding diaryl/α,β-unsaturated/α-hetero) is 2. The molecule has 2 rings (SSSR count). The standard InChI is InChI=1S/C17H20BrFN2O2/c1-21(2)6-5-20-10-14-16(22)7-11(8-17(14)23)13-9-12(19)3-4-15(13)18/h3-4,9-11,20H,5-8H2,1-2H3. The summed E-state index contributed by atoms with van der Waals surface area (Å²) >= 11 is 3.36. The lowest BCUT2D eigenvalue weighted by Gasteiger charge is -2.23. The SMILES string of the molecule is CN(C)CCNC=C1C(=O)CC(c2cc(F)ccc2Br)CC1=O. The van der Waals surface area contributed by atoms with Crippen LogP contribution in [0.3, 0.4) is 0 Å². The summed E-state index contributed by atoms with van der Waals surface area (Å²) in [5.74, 6) is -1.03. The lowest BCUT2D eigenvalue weighted by Crippen LogP contribution is -2.28. The smallest absolute Gasteiger partial charge is 0.168 e. The molecule has 1 aromatic rings. The van der Waals surface area contributed by atoms with E-state index in [4.69, 9.17) is 0 Å². The van der Waals surface area contributed by atoms with Gasteiger partial charge in [0, 0.05) is 36.6 Å². The van der Waals surface area contributed by atoms with E-state index in [9.17, 15) is 14.0 Å². The fraction of sp³-hybridized carbons (Fsp3) is 0.412. The molecule has 124 valence electrons. The molecule has 1 aliphatic rings. The summed E-state index contributed by atoms with van der Waals surface area (Å²) in [6.07, 6.45) is 1.95. The van der Waals surface area contributed by atoms with Crippen molar-refractivity contribution in [3.8, 4) is 0 Å². The lowest BCUT2D eigenvalue weighted by atomic mass is 9.80. The summed E-state index contributed by atoms with van der Waals surface area (Å²) in [6.45, 7) is 1.47. The molecule has 1 fully saturated rings. The van der Waals surface area contributed by atoms with Gasteiger partial charge in [0.2, 0.25) is 0 Å². The highest BCUT2D eigenvalue weighted by Crippen LogP contribution is 2.35. The maximum absolute atomic E-state index is 13.4. The van der Waals surface area contributed by atoms with Crippen LogP contribution >= 0.6 is 15.9 Å². The van der Waals surface area contributed by atoms with Gasteiger partial charge in [-0.25, -0.2) is 4.39 Å². The van der Waals surface area contributed by atoms with Crippen LogP contribution in [-0.4, -0.2) is 43.7 Å². The molecule has 1 saturated carbocycles. The fourth-order valence-electron chi connectivity index (χ4n) is 2.57. The molecule has 1 aliphatic carbocycles. The molecule has 23 heavy (non-hydrogen) atoms. The van der Waals surface area contributed by atoms with E-state index in [1.165, 1.54) is 18.3 Å². The van der Waals surface area contributed by atoms with Gasteiger partial charge in [-0.05, 0) is 43.8 Å². The second-order valence-corrected chi connectivity index (χ2v) is 6.79. The fourth-order valence-corrected chi connectivity index (χ4v) is 3.14. The Hall–Kier alpha value is -1.53. The van der Waals surface area contributed by atoms with Gasteiger partial charge < -0.3 is 10.2 Å². The maximum atomic E-state index is 13.4. The van der Waals surface area contributed by atoms with Gasteiger partial charge in [0.15, 0.2) is 11.6 Å². The second-order valence-electron chi connectivity index (χ2n) is 5.93. The van der Waals surface area contributed by atoms with Crippen molar-refractivity contribution in [2.45, 2.75) is 18.8 Å². The molecule has 0 atom stereocenters. The Morgan fingerprint density at radius 3 is 2.57 bits per heavy atom. The Morgan fingerprint density at radius 1 is 1.30 bits per heavy atom. The molecule has 0 aromatic heterocycles. The number of rotatable bonds is 5. The van der Waals surface area contributed by atoms with Crippen LogP contribution in [0.15, 0.2) is 34.4 Å². The predicted molar refractivity (Wildman–Crippen MR) is 90.7 cm³/mol.